The Kier molecular flexibility index (Phi) is 4.72. The Hall–Kier alpha value is -2.82. The molecule has 0 aromatic heterocycles. The van der Waals surface area contributed by atoms with Crippen LogP contribution in [0.25, 0.3) is 0 Å². The summed E-state index contributed by atoms with van der Waals surface area (Å²) < 4.78 is 0. The summed E-state index contributed by atoms with van der Waals surface area (Å²) in [6.45, 7) is 0. The quantitative estimate of drug-likeness (QED) is 0.744. The van der Waals surface area contributed by atoms with E-state index in [1.165, 1.54) is 0 Å². The van der Waals surface area contributed by atoms with Crippen molar-refractivity contribution in [2.45, 2.75) is 6.42 Å². The van der Waals surface area contributed by atoms with Gasteiger partial charge in [0.05, 0.1) is 12.1 Å². The molecule has 0 radical (unpaired) electrons. The van der Waals surface area contributed by atoms with Gasteiger partial charge in [0.2, 0.25) is 5.91 Å². The van der Waals surface area contributed by atoms with E-state index in [2.05, 4.69) is 16.2 Å². The zero-order valence-electron chi connectivity index (χ0n) is 10.8. The number of hydrazine groups is 1. The van der Waals surface area contributed by atoms with Crippen LogP contribution in [0, 0.1) is 0 Å². The molecule has 0 fully saturated rings. The Morgan fingerprint density at radius 3 is 2.10 bits per heavy atom. The number of carbonyl (C=O) groups is 2. The number of amides is 3. The van der Waals surface area contributed by atoms with Gasteiger partial charge in [-0.05, 0) is 17.7 Å². The molecule has 0 saturated heterocycles. The maximum atomic E-state index is 11.6. The molecular formula is C15H15N3O2. The minimum atomic E-state index is -0.588. The van der Waals surface area contributed by atoms with Crippen LogP contribution in [0.15, 0.2) is 60.7 Å². The summed E-state index contributed by atoms with van der Waals surface area (Å²) >= 11 is 0. The van der Waals surface area contributed by atoms with E-state index in [0.29, 0.717) is 0 Å². The molecule has 3 N–H and O–H groups in total. The molecule has 2 aromatic carbocycles. The lowest BCUT2D eigenvalue weighted by Crippen LogP contribution is -2.42. The highest BCUT2D eigenvalue weighted by atomic mass is 16.2. The fourth-order valence-electron chi connectivity index (χ4n) is 1.63. The van der Waals surface area contributed by atoms with Crippen LogP contribution >= 0.6 is 0 Å². The van der Waals surface area contributed by atoms with Crippen LogP contribution in [0.4, 0.5) is 10.5 Å². The van der Waals surface area contributed by atoms with Crippen molar-refractivity contribution in [1.29, 1.82) is 0 Å². The van der Waals surface area contributed by atoms with Crippen molar-refractivity contribution < 1.29 is 9.59 Å². The van der Waals surface area contributed by atoms with Gasteiger partial charge in [-0.3, -0.25) is 21.0 Å². The van der Waals surface area contributed by atoms with Gasteiger partial charge in [-0.1, -0.05) is 48.5 Å². The van der Waals surface area contributed by atoms with Crippen LogP contribution in [-0.2, 0) is 11.2 Å². The highest BCUT2D eigenvalue weighted by Crippen LogP contribution is 2.02. The zero-order valence-corrected chi connectivity index (χ0v) is 10.8. The molecule has 0 atom stereocenters. The number of nitrogens with one attached hydrogen (secondary N) is 3. The van der Waals surface area contributed by atoms with Gasteiger partial charge in [-0.25, -0.2) is 4.79 Å². The Morgan fingerprint density at radius 1 is 0.850 bits per heavy atom. The van der Waals surface area contributed by atoms with Crippen molar-refractivity contribution >= 4 is 17.6 Å². The Bertz CT molecular complexity index is 570. The monoisotopic (exact) mass is 269 g/mol. The summed E-state index contributed by atoms with van der Waals surface area (Å²) in [6, 6.07) is 17.8. The summed E-state index contributed by atoms with van der Waals surface area (Å²) in [6.07, 6.45) is 0.166. The molecule has 102 valence electrons. The molecular weight excluding hydrogens is 254 g/mol. The Balaban J connectivity index is 1.75. The van der Waals surface area contributed by atoms with E-state index in [9.17, 15) is 9.59 Å². The highest BCUT2D eigenvalue weighted by Gasteiger charge is 2.07. The lowest BCUT2D eigenvalue weighted by molar-refractivity contribution is -0.119. The first kappa shape index (κ1) is 13.6. The average molecular weight is 269 g/mol. The Labute approximate surface area is 117 Å². The largest absolute Gasteiger partial charge is 0.340 e. The predicted molar refractivity (Wildman–Crippen MR) is 76.9 cm³/mol. The Morgan fingerprint density at radius 2 is 1.45 bits per heavy atom. The van der Waals surface area contributed by atoms with Crippen molar-refractivity contribution in [1.82, 2.24) is 10.7 Å². The molecule has 0 heterocycles. The van der Waals surface area contributed by atoms with Gasteiger partial charge >= 0.3 is 6.03 Å². The average Bonchev–Trinajstić information content (AvgIpc) is 2.47. The summed E-state index contributed by atoms with van der Waals surface area (Å²) in [4.78, 5) is 23.1. The molecule has 2 rings (SSSR count). The van der Waals surface area contributed by atoms with Gasteiger partial charge in [0.15, 0.2) is 0 Å². The molecule has 0 unspecified atom stereocenters. The SMILES string of the molecule is O=C(Cc1ccccc1)NC(=O)NNc1ccccc1. The lowest BCUT2D eigenvalue weighted by Gasteiger charge is -2.09. The number of rotatable bonds is 4. The number of hydrogen-bond donors (Lipinski definition) is 3. The van der Waals surface area contributed by atoms with Crippen molar-refractivity contribution in [3.63, 3.8) is 0 Å². The van der Waals surface area contributed by atoms with Gasteiger partial charge < -0.3 is 0 Å². The van der Waals surface area contributed by atoms with Crippen LogP contribution in [0.3, 0.4) is 0 Å². The van der Waals surface area contributed by atoms with Crippen LogP contribution in [0.2, 0.25) is 0 Å². The molecule has 0 aliphatic carbocycles. The standard InChI is InChI=1S/C15H15N3O2/c19-14(11-12-7-3-1-4-8-12)16-15(20)18-17-13-9-5-2-6-10-13/h1-10,17H,11H2,(H2,16,18,19,20). The fraction of sp³-hybridized carbons (Fsp3) is 0.0667. The molecule has 0 bridgehead atoms. The third-order valence-corrected chi connectivity index (χ3v) is 2.55. The van der Waals surface area contributed by atoms with Gasteiger partial charge in [-0.2, -0.15) is 0 Å². The third kappa shape index (κ3) is 4.45. The molecule has 0 saturated carbocycles. The third-order valence-electron chi connectivity index (χ3n) is 2.55. The number of hydrogen-bond acceptors (Lipinski definition) is 3. The topological polar surface area (TPSA) is 70.2 Å². The maximum absolute atomic E-state index is 11.6. The molecule has 0 aliphatic heterocycles. The summed E-state index contributed by atoms with van der Waals surface area (Å²) in [5.74, 6) is -0.358. The molecule has 20 heavy (non-hydrogen) atoms. The predicted octanol–water partition coefficient (Wildman–Crippen LogP) is 2.08. The molecule has 5 nitrogen and oxygen atoms in total. The highest BCUT2D eigenvalue weighted by molar-refractivity contribution is 5.95. The number of para-hydroxylation sites is 1. The maximum Gasteiger partial charge on any atom is 0.340 e. The first-order valence-corrected chi connectivity index (χ1v) is 6.19. The van der Waals surface area contributed by atoms with Gasteiger partial charge in [-0.15, -0.1) is 0 Å². The van der Waals surface area contributed by atoms with Gasteiger partial charge in [0.1, 0.15) is 0 Å². The molecule has 0 aliphatic rings. The van der Waals surface area contributed by atoms with E-state index in [4.69, 9.17) is 0 Å². The van der Waals surface area contributed by atoms with Gasteiger partial charge in [0, 0.05) is 0 Å². The second-order valence-electron chi connectivity index (χ2n) is 4.16. The smallest absolute Gasteiger partial charge is 0.297 e. The fourth-order valence-corrected chi connectivity index (χ4v) is 1.63. The number of benzene rings is 2. The molecule has 0 spiro atoms. The summed E-state index contributed by atoms with van der Waals surface area (Å²) in [5.41, 5.74) is 6.68. The van der Waals surface area contributed by atoms with Crippen molar-refractivity contribution in [3.8, 4) is 0 Å². The van der Waals surface area contributed by atoms with E-state index in [1.54, 1.807) is 12.1 Å². The molecule has 3 amide bonds. The van der Waals surface area contributed by atoms with Crippen LogP contribution in [-0.4, -0.2) is 11.9 Å². The van der Waals surface area contributed by atoms with E-state index in [1.807, 2.05) is 48.5 Å². The first-order valence-electron chi connectivity index (χ1n) is 6.19. The second-order valence-corrected chi connectivity index (χ2v) is 4.16. The number of carbonyl (C=O) groups excluding carboxylic acids is 2. The number of imide groups is 1. The van der Waals surface area contributed by atoms with Crippen molar-refractivity contribution in [3.05, 3.63) is 66.2 Å². The molecule has 5 heteroatoms. The van der Waals surface area contributed by atoms with Crippen LogP contribution in [0.5, 0.6) is 0 Å². The van der Waals surface area contributed by atoms with E-state index in [-0.39, 0.29) is 12.3 Å². The van der Waals surface area contributed by atoms with E-state index in [0.717, 1.165) is 11.3 Å². The second kappa shape index (κ2) is 6.94. The van der Waals surface area contributed by atoms with E-state index >= 15 is 0 Å². The van der Waals surface area contributed by atoms with Crippen molar-refractivity contribution in [2.24, 2.45) is 0 Å². The van der Waals surface area contributed by atoms with E-state index < -0.39 is 6.03 Å². The first-order chi connectivity index (χ1) is 9.74. The molecule has 2 aromatic rings. The number of urea groups is 1. The minimum Gasteiger partial charge on any atom is -0.297 e. The number of anilines is 1. The summed E-state index contributed by atoms with van der Waals surface area (Å²) in [5, 5.41) is 2.25. The van der Waals surface area contributed by atoms with Crippen LogP contribution < -0.4 is 16.2 Å². The zero-order chi connectivity index (χ0) is 14.2. The van der Waals surface area contributed by atoms with Crippen molar-refractivity contribution in [2.75, 3.05) is 5.43 Å². The van der Waals surface area contributed by atoms with Crippen LogP contribution in [0.1, 0.15) is 5.56 Å². The minimum absolute atomic E-state index is 0.166. The van der Waals surface area contributed by atoms with Gasteiger partial charge in [0.25, 0.3) is 0 Å². The normalized spacial score (nSPS) is 9.60. The summed E-state index contributed by atoms with van der Waals surface area (Å²) in [7, 11) is 0. The lowest BCUT2D eigenvalue weighted by atomic mass is 10.1.